The molecule has 1 aromatic heterocycles. The minimum Gasteiger partial charge on any atom is -0.505 e. The molecular formula is C17H16N2O5. The molecule has 7 heteroatoms. The van der Waals surface area contributed by atoms with Crippen LogP contribution in [0, 0.1) is 6.92 Å². The van der Waals surface area contributed by atoms with Crippen LogP contribution in [-0.4, -0.2) is 10.2 Å². The monoisotopic (exact) mass is 328 g/mol. The molecule has 0 aliphatic rings. The lowest BCUT2D eigenvalue weighted by atomic mass is 10.1. The van der Waals surface area contributed by atoms with Gasteiger partial charge in [-0.25, -0.2) is 0 Å². The van der Waals surface area contributed by atoms with Crippen molar-refractivity contribution in [2.24, 2.45) is 0 Å². The predicted molar refractivity (Wildman–Crippen MR) is 89.4 cm³/mol. The highest BCUT2D eigenvalue weighted by Crippen LogP contribution is 2.31. The number of phenols is 1. The van der Waals surface area contributed by atoms with Gasteiger partial charge >= 0.3 is 0 Å². The number of nitrogens with one attached hydrogen (secondary N) is 2. The predicted octanol–water partition coefficient (Wildman–Crippen LogP) is 1.74. The van der Waals surface area contributed by atoms with Crippen LogP contribution in [0.5, 0.6) is 5.75 Å². The van der Waals surface area contributed by atoms with Gasteiger partial charge in [-0.15, -0.1) is 0 Å². The van der Waals surface area contributed by atoms with Crippen molar-refractivity contribution in [1.82, 2.24) is 0 Å². The van der Waals surface area contributed by atoms with Crippen molar-refractivity contribution in [3.8, 4) is 5.75 Å². The van der Waals surface area contributed by atoms with Gasteiger partial charge in [-0.05, 0) is 25.1 Å². The Bertz CT molecular complexity index is 950. The molecule has 124 valence electrons. The van der Waals surface area contributed by atoms with Crippen LogP contribution >= 0.6 is 0 Å². The van der Waals surface area contributed by atoms with Gasteiger partial charge in [0.1, 0.15) is 28.6 Å². The van der Waals surface area contributed by atoms with Gasteiger partial charge < -0.3 is 25.3 Å². The zero-order chi connectivity index (χ0) is 17.3. The Morgan fingerprint density at radius 3 is 2.50 bits per heavy atom. The minimum absolute atomic E-state index is 0.0775. The fourth-order valence-electron chi connectivity index (χ4n) is 2.39. The third kappa shape index (κ3) is 2.77. The molecule has 2 aromatic carbocycles. The molecule has 0 fully saturated rings. The molecule has 3 aromatic rings. The van der Waals surface area contributed by atoms with E-state index in [1.165, 1.54) is 0 Å². The summed E-state index contributed by atoms with van der Waals surface area (Å²) >= 11 is 0. The number of rotatable bonds is 6. The number of aryl methyl sites for hydroxylation is 1. The van der Waals surface area contributed by atoms with Crippen molar-refractivity contribution >= 4 is 17.1 Å². The van der Waals surface area contributed by atoms with Crippen LogP contribution in [0.15, 0.2) is 44.3 Å². The number of aliphatic hydroxyl groups excluding tert-OH is 1. The number of aliphatic hydroxyl groups is 1. The first-order valence-corrected chi connectivity index (χ1v) is 7.32. The second-order valence-electron chi connectivity index (χ2n) is 5.37. The molecule has 0 saturated carbocycles. The molecule has 0 spiro atoms. The highest BCUT2D eigenvalue weighted by molar-refractivity contribution is 5.80. The first-order chi connectivity index (χ1) is 11.5. The molecular weight excluding hydrogens is 312 g/mol. The molecule has 0 aliphatic heterocycles. The Labute approximate surface area is 136 Å². The number of aromatic hydroxyl groups is 1. The summed E-state index contributed by atoms with van der Waals surface area (Å²) in [5, 5.41) is 24.8. The van der Waals surface area contributed by atoms with Gasteiger partial charge in [0.15, 0.2) is 0 Å². The van der Waals surface area contributed by atoms with Crippen LogP contribution in [0.25, 0.3) is 0 Å². The number of furan rings is 1. The molecule has 0 bridgehead atoms. The van der Waals surface area contributed by atoms with E-state index < -0.39 is 10.9 Å². The molecule has 1 heterocycles. The minimum atomic E-state index is -0.665. The zero-order valence-corrected chi connectivity index (χ0v) is 12.9. The molecule has 3 rings (SSSR count). The Balaban J connectivity index is 1.81. The molecule has 0 aliphatic carbocycles. The van der Waals surface area contributed by atoms with Crippen LogP contribution in [0.1, 0.15) is 17.1 Å². The standard InChI is InChI=1S/C17H16N2O5/c1-9-5-6-11(24-9)7-18-13-14(17(23)16(13)22)19-12-4-2-3-10(8-20)15(12)21/h2-6,18-21H,7-8H2,1H3. The maximum atomic E-state index is 11.8. The maximum absolute atomic E-state index is 11.8. The SMILES string of the molecule is Cc1ccc(CNc2c(Nc3cccc(CO)c3O)c(=O)c2=O)o1. The van der Waals surface area contributed by atoms with Gasteiger partial charge in [0.05, 0.1) is 18.8 Å². The number of para-hydroxylation sites is 1. The summed E-state index contributed by atoms with van der Waals surface area (Å²) in [6.07, 6.45) is 0. The number of anilines is 3. The number of hydrogen-bond acceptors (Lipinski definition) is 7. The van der Waals surface area contributed by atoms with Crippen molar-refractivity contribution in [1.29, 1.82) is 0 Å². The van der Waals surface area contributed by atoms with Crippen molar-refractivity contribution < 1.29 is 14.6 Å². The molecule has 24 heavy (non-hydrogen) atoms. The molecule has 0 atom stereocenters. The van der Waals surface area contributed by atoms with Crippen molar-refractivity contribution in [3.63, 3.8) is 0 Å². The van der Waals surface area contributed by atoms with E-state index in [9.17, 15) is 14.7 Å². The molecule has 0 radical (unpaired) electrons. The van der Waals surface area contributed by atoms with Crippen LogP contribution in [0.2, 0.25) is 0 Å². The fourth-order valence-corrected chi connectivity index (χ4v) is 2.39. The van der Waals surface area contributed by atoms with E-state index in [-0.39, 0.29) is 36.0 Å². The van der Waals surface area contributed by atoms with E-state index in [4.69, 9.17) is 9.52 Å². The molecule has 4 N–H and O–H groups in total. The van der Waals surface area contributed by atoms with E-state index in [2.05, 4.69) is 10.6 Å². The molecule has 0 unspecified atom stereocenters. The van der Waals surface area contributed by atoms with E-state index >= 15 is 0 Å². The lowest BCUT2D eigenvalue weighted by molar-refractivity contribution is 0.276. The Kier molecular flexibility index (Phi) is 4.09. The van der Waals surface area contributed by atoms with Crippen molar-refractivity contribution in [2.75, 3.05) is 10.6 Å². The lowest BCUT2D eigenvalue weighted by Gasteiger charge is -2.16. The zero-order valence-electron chi connectivity index (χ0n) is 12.9. The molecule has 7 nitrogen and oxygen atoms in total. The normalized spacial score (nSPS) is 10.9. The maximum Gasteiger partial charge on any atom is 0.253 e. The highest BCUT2D eigenvalue weighted by Gasteiger charge is 2.22. The average Bonchev–Trinajstić information content (AvgIpc) is 3.00. The quantitative estimate of drug-likeness (QED) is 0.403. The summed E-state index contributed by atoms with van der Waals surface area (Å²) in [7, 11) is 0. The summed E-state index contributed by atoms with van der Waals surface area (Å²) in [4.78, 5) is 23.5. The van der Waals surface area contributed by atoms with Crippen LogP contribution in [-0.2, 0) is 13.2 Å². The average molecular weight is 328 g/mol. The third-order valence-corrected chi connectivity index (χ3v) is 3.70. The summed E-state index contributed by atoms with van der Waals surface area (Å²) in [6, 6.07) is 8.30. The first-order valence-electron chi connectivity index (χ1n) is 7.32. The Morgan fingerprint density at radius 1 is 1.08 bits per heavy atom. The lowest BCUT2D eigenvalue weighted by Crippen LogP contribution is -2.36. The van der Waals surface area contributed by atoms with E-state index in [1.54, 1.807) is 30.3 Å². The van der Waals surface area contributed by atoms with Crippen LogP contribution in [0.4, 0.5) is 17.1 Å². The molecule has 0 saturated heterocycles. The van der Waals surface area contributed by atoms with Crippen molar-refractivity contribution in [2.45, 2.75) is 20.1 Å². The summed E-state index contributed by atoms with van der Waals surface area (Å²) in [6.45, 7) is 1.73. The second-order valence-corrected chi connectivity index (χ2v) is 5.37. The van der Waals surface area contributed by atoms with Crippen molar-refractivity contribution in [3.05, 3.63) is 67.9 Å². The van der Waals surface area contributed by atoms with Gasteiger partial charge in [-0.3, -0.25) is 9.59 Å². The summed E-state index contributed by atoms with van der Waals surface area (Å²) in [5.41, 5.74) is -0.512. The van der Waals surface area contributed by atoms with E-state index in [0.29, 0.717) is 11.3 Å². The van der Waals surface area contributed by atoms with E-state index in [1.807, 2.05) is 6.92 Å². The largest absolute Gasteiger partial charge is 0.505 e. The van der Waals surface area contributed by atoms with Gasteiger partial charge in [-0.1, -0.05) is 12.1 Å². The Morgan fingerprint density at radius 2 is 1.83 bits per heavy atom. The molecule has 0 amide bonds. The topological polar surface area (TPSA) is 112 Å². The Hall–Kier alpha value is -3.06. The second kappa shape index (κ2) is 6.21. The van der Waals surface area contributed by atoms with E-state index in [0.717, 1.165) is 5.76 Å². The first kappa shape index (κ1) is 15.8. The van der Waals surface area contributed by atoms with Gasteiger partial charge in [0, 0.05) is 5.56 Å². The van der Waals surface area contributed by atoms with Gasteiger partial charge in [0.25, 0.3) is 10.9 Å². The van der Waals surface area contributed by atoms with Crippen LogP contribution in [0.3, 0.4) is 0 Å². The van der Waals surface area contributed by atoms with Gasteiger partial charge in [0.2, 0.25) is 0 Å². The van der Waals surface area contributed by atoms with Gasteiger partial charge in [-0.2, -0.15) is 0 Å². The fraction of sp³-hybridized carbons (Fsp3) is 0.176. The number of benzene rings is 1. The highest BCUT2D eigenvalue weighted by atomic mass is 16.3. The number of hydrogen-bond donors (Lipinski definition) is 4. The summed E-state index contributed by atoms with van der Waals surface area (Å²) in [5.74, 6) is 1.22. The van der Waals surface area contributed by atoms with Crippen LogP contribution < -0.4 is 21.5 Å². The smallest absolute Gasteiger partial charge is 0.253 e. The third-order valence-electron chi connectivity index (χ3n) is 3.70. The summed E-state index contributed by atoms with van der Waals surface area (Å²) < 4.78 is 5.40.